The molecule has 0 fully saturated rings. The highest BCUT2D eigenvalue weighted by Gasteiger charge is 2.12. The third-order valence-electron chi connectivity index (χ3n) is 3.20. The van der Waals surface area contributed by atoms with Crippen molar-refractivity contribution in [1.29, 1.82) is 0 Å². The Hall–Kier alpha value is -2.12. The fraction of sp³-hybridized carbons (Fsp3) is 0.118. The molecule has 0 spiro atoms. The van der Waals surface area contributed by atoms with Crippen molar-refractivity contribution < 1.29 is 14.1 Å². The number of rotatable bonds is 5. The molecule has 1 heterocycles. The van der Waals surface area contributed by atoms with Crippen LogP contribution in [0.2, 0.25) is 0 Å². The Morgan fingerprint density at radius 2 is 2.04 bits per heavy atom. The molecule has 0 amide bonds. The summed E-state index contributed by atoms with van der Waals surface area (Å²) >= 11 is 5.01. The van der Waals surface area contributed by atoms with Gasteiger partial charge in [0.2, 0.25) is 5.82 Å². The van der Waals surface area contributed by atoms with Gasteiger partial charge in [-0.05, 0) is 42.7 Å². The van der Waals surface area contributed by atoms with Crippen molar-refractivity contribution in [3.05, 3.63) is 64.5 Å². The summed E-state index contributed by atoms with van der Waals surface area (Å²) in [6.07, 6.45) is 1.98. The lowest BCUT2D eigenvalue weighted by molar-refractivity contribution is 0.0429. The molecule has 5 nitrogen and oxygen atoms in total. The van der Waals surface area contributed by atoms with E-state index in [9.17, 15) is 4.79 Å². The van der Waals surface area contributed by atoms with Gasteiger partial charge in [0.15, 0.2) is 6.61 Å². The average Bonchev–Trinajstić information content (AvgIpc) is 3.09. The Kier molecular flexibility index (Phi) is 5.32. The first-order valence-electron chi connectivity index (χ1n) is 7.05. The van der Waals surface area contributed by atoms with Crippen molar-refractivity contribution in [3.63, 3.8) is 0 Å². The monoisotopic (exact) mass is 404 g/mol. The number of benzene rings is 2. The van der Waals surface area contributed by atoms with E-state index in [1.54, 1.807) is 23.9 Å². The van der Waals surface area contributed by atoms with E-state index in [0.717, 1.165) is 14.9 Å². The zero-order valence-electron chi connectivity index (χ0n) is 12.7. The fourth-order valence-corrected chi connectivity index (χ4v) is 2.80. The summed E-state index contributed by atoms with van der Waals surface area (Å²) < 4.78 is 11.3. The number of hydrogen-bond acceptors (Lipinski definition) is 6. The summed E-state index contributed by atoms with van der Waals surface area (Å²) in [5, 5.41) is 3.90. The van der Waals surface area contributed by atoms with Gasteiger partial charge in [0.25, 0.3) is 5.89 Å². The van der Waals surface area contributed by atoms with Crippen LogP contribution in [0.4, 0.5) is 0 Å². The fourth-order valence-electron chi connectivity index (χ4n) is 2.00. The lowest BCUT2D eigenvalue weighted by Crippen LogP contribution is -2.05. The van der Waals surface area contributed by atoms with Crippen LogP contribution < -0.4 is 0 Å². The maximum absolute atomic E-state index is 12.0. The zero-order valence-corrected chi connectivity index (χ0v) is 15.1. The van der Waals surface area contributed by atoms with E-state index in [1.165, 1.54) is 0 Å². The van der Waals surface area contributed by atoms with Gasteiger partial charge < -0.3 is 9.26 Å². The molecule has 24 heavy (non-hydrogen) atoms. The number of carbonyl (C=O) groups excluding carboxylic acids is 1. The molecular formula is C17H13BrN2O3S. The van der Waals surface area contributed by atoms with Crippen LogP contribution in [-0.4, -0.2) is 22.4 Å². The quantitative estimate of drug-likeness (QED) is 0.458. The number of thioether (sulfide) groups is 1. The third kappa shape index (κ3) is 4.04. The van der Waals surface area contributed by atoms with Crippen LogP contribution in [-0.2, 0) is 11.3 Å². The second-order valence-electron chi connectivity index (χ2n) is 4.83. The molecule has 0 unspecified atom stereocenters. The topological polar surface area (TPSA) is 65.2 Å². The minimum absolute atomic E-state index is 0.0654. The SMILES string of the molecule is CSc1ccc(C(=O)OCc2nc(-c3cccc(Br)c3)no2)cc1. The lowest BCUT2D eigenvalue weighted by atomic mass is 10.2. The van der Waals surface area contributed by atoms with E-state index >= 15 is 0 Å². The molecule has 0 bridgehead atoms. The molecule has 0 saturated heterocycles. The second kappa shape index (κ2) is 7.63. The Morgan fingerprint density at radius 1 is 1.25 bits per heavy atom. The number of nitrogens with zero attached hydrogens (tertiary/aromatic N) is 2. The van der Waals surface area contributed by atoms with Gasteiger partial charge in [0.05, 0.1) is 5.56 Å². The Labute approximate surface area is 151 Å². The maximum atomic E-state index is 12.0. The molecule has 2 aromatic carbocycles. The lowest BCUT2D eigenvalue weighted by Gasteiger charge is -2.02. The van der Waals surface area contributed by atoms with Gasteiger partial charge in [-0.25, -0.2) is 4.79 Å². The maximum Gasteiger partial charge on any atom is 0.338 e. The standard InChI is InChI=1S/C17H13BrN2O3S/c1-24-14-7-5-11(6-8-14)17(21)22-10-15-19-16(20-23-15)12-3-2-4-13(18)9-12/h2-9H,10H2,1H3. The summed E-state index contributed by atoms with van der Waals surface area (Å²) in [5.41, 5.74) is 1.30. The van der Waals surface area contributed by atoms with Gasteiger partial charge in [-0.2, -0.15) is 4.98 Å². The number of aromatic nitrogens is 2. The number of halogens is 1. The smallest absolute Gasteiger partial charge is 0.338 e. The Bertz CT molecular complexity index is 849. The number of ether oxygens (including phenoxy) is 1. The van der Waals surface area contributed by atoms with Crippen LogP contribution in [0.3, 0.4) is 0 Å². The normalized spacial score (nSPS) is 10.6. The highest BCUT2D eigenvalue weighted by Crippen LogP contribution is 2.20. The van der Waals surface area contributed by atoms with E-state index in [0.29, 0.717) is 11.4 Å². The van der Waals surface area contributed by atoms with Crippen molar-refractivity contribution in [2.24, 2.45) is 0 Å². The number of carbonyl (C=O) groups is 1. The summed E-state index contributed by atoms with van der Waals surface area (Å²) in [7, 11) is 0. The van der Waals surface area contributed by atoms with Gasteiger partial charge in [-0.1, -0.05) is 33.2 Å². The summed E-state index contributed by atoms with van der Waals surface area (Å²) in [6, 6.07) is 14.8. The first-order valence-corrected chi connectivity index (χ1v) is 9.07. The first kappa shape index (κ1) is 16.7. The Morgan fingerprint density at radius 3 is 2.75 bits per heavy atom. The van der Waals surface area contributed by atoms with Crippen LogP contribution in [0.1, 0.15) is 16.2 Å². The molecule has 0 aliphatic carbocycles. The molecule has 7 heteroatoms. The van der Waals surface area contributed by atoms with Crippen LogP contribution in [0, 0.1) is 0 Å². The van der Waals surface area contributed by atoms with Crippen molar-refractivity contribution in [3.8, 4) is 11.4 Å². The van der Waals surface area contributed by atoms with Crippen LogP contribution in [0.25, 0.3) is 11.4 Å². The third-order valence-corrected chi connectivity index (χ3v) is 4.44. The van der Waals surface area contributed by atoms with Gasteiger partial charge in [0, 0.05) is 14.9 Å². The van der Waals surface area contributed by atoms with E-state index in [4.69, 9.17) is 9.26 Å². The molecular weight excluding hydrogens is 392 g/mol. The van der Waals surface area contributed by atoms with Crippen molar-refractivity contribution in [1.82, 2.24) is 10.1 Å². The molecule has 0 N–H and O–H groups in total. The second-order valence-corrected chi connectivity index (χ2v) is 6.62. The van der Waals surface area contributed by atoms with E-state index in [2.05, 4.69) is 26.1 Å². The zero-order chi connectivity index (χ0) is 16.9. The molecule has 0 saturated carbocycles. The van der Waals surface area contributed by atoms with E-state index in [1.807, 2.05) is 42.7 Å². The van der Waals surface area contributed by atoms with Gasteiger partial charge >= 0.3 is 5.97 Å². The summed E-state index contributed by atoms with van der Waals surface area (Å²) in [6.45, 7) is -0.0654. The number of esters is 1. The molecule has 0 aliphatic heterocycles. The molecule has 3 aromatic rings. The van der Waals surface area contributed by atoms with E-state index < -0.39 is 5.97 Å². The molecule has 3 rings (SSSR count). The van der Waals surface area contributed by atoms with Crippen LogP contribution >= 0.6 is 27.7 Å². The van der Waals surface area contributed by atoms with Crippen molar-refractivity contribution in [2.75, 3.05) is 6.26 Å². The van der Waals surface area contributed by atoms with Crippen LogP contribution in [0.15, 0.2) is 62.4 Å². The highest BCUT2D eigenvalue weighted by molar-refractivity contribution is 9.10. The highest BCUT2D eigenvalue weighted by atomic mass is 79.9. The predicted molar refractivity (Wildman–Crippen MR) is 94.8 cm³/mol. The van der Waals surface area contributed by atoms with Gasteiger partial charge in [0.1, 0.15) is 0 Å². The summed E-state index contributed by atoms with van der Waals surface area (Å²) in [4.78, 5) is 17.3. The minimum atomic E-state index is -0.426. The first-order chi connectivity index (χ1) is 11.7. The van der Waals surface area contributed by atoms with Gasteiger partial charge in [-0.15, -0.1) is 11.8 Å². The Balaban J connectivity index is 1.63. The minimum Gasteiger partial charge on any atom is -0.452 e. The largest absolute Gasteiger partial charge is 0.452 e. The van der Waals surface area contributed by atoms with Gasteiger partial charge in [-0.3, -0.25) is 0 Å². The van der Waals surface area contributed by atoms with Crippen molar-refractivity contribution >= 4 is 33.7 Å². The molecule has 0 atom stereocenters. The van der Waals surface area contributed by atoms with E-state index in [-0.39, 0.29) is 12.5 Å². The number of hydrogen-bond donors (Lipinski definition) is 0. The van der Waals surface area contributed by atoms with Crippen molar-refractivity contribution in [2.45, 2.75) is 11.5 Å². The summed E-state index contributed by atoms with van der Waals surface area (Å²) in [5.74, 6) is 0.274. The molecule has 0 radical (unpaired) electrons. The molecule has 122 valence electrons. The van der Waals surface area contributed by atoms with Crippen LogP contribution in [0.5, 0.6) is 0 Å². The molecule has 1 aromatic heterocycles. The average molecular weight is 405 g/mol. The molecule has 0 aliphatic rings. The predicted octanol–water partition coefficient (Wildman–Crippen LogP) is 4.58.